The van der Waals surface area contributed by atoms with Crippen molar-refractivity contribution in [3.8, 4) is 16.8 Å². The molecule has 20 heavy (non-hydrogen) atoms. The Kier molecular flexibility index (Phi) is 4.64. The lowest BCUT2D eigenvalue weighted by Gasteiger charge is -2.06. The minimum atomic E-state index is -1.35. The van der Waals surface area contributed by atoms with Gasteiger partial charge in [0.05, 0.1) is 5.30 Å². The number of hydrogen-bond donors (Lipinski definition) is 0. The van der Waals surface area contributed by atoms with Crippen LogP contribution in [0.15, 0.2) is 34.5 Å². The van der Waals surface area contributed by atoms with Gasteiger partial charge < -0.3 is 0 Å². The second-order valence-electron chi connectivity index (χ2n) is 6.06. The maximum atomic E-state index is 3.82. The quantitative estimate of drug-likeness (QED) is 0.414. The van der Waals surface area contributed by atoms with Gasteiger partial charge in [-0.05, 0) is 40.9 Å². The summed E-state index contributed by atoms with van der Waals surface area (Å²) in [5.74, 6) is 3.53. The lowest BCUT2D eigenvalue weighted by atomic mass is 10.2. The van der Waals surface area contributed by atoms with Gasteiger partial charge in [-0.15, -0.1) is 5.54 Å². The summed E-state index contributed by atoms with van der Waals surface area (Å²) in [6.07, 6.45) is 0. The van der Waals surface area contributed by atoms with E-state index in [1.807, 2.05) is 0 Å². The lowest BCUT2D eigenvalue weighted by Crippen LogP contribution is -2.16. The number of halogens is 1. The Morgan fingerprint density at radius 3 is 2.15 bits per heavy atom. The summed E-state index contributed by atoms with van der Waals surface area (Å²) in [6, 6.07) is 10.7. The van der Waals surface area contributed by atoms with Crippen LogP contribution in [-0.2, 0) is 0 Å². The number of rotatable bonds is 1. The zero-order valence-electron chi connectivity index (χ0n) is 12.7. The predicted octanol–water partition coefficient (Wildman–Crippen LogP) is 6.27. The smallest absolute Gasteiger partial charge is 0.126 e. The van der Waals surface area contributed by atoms with Crippen molar-refractivity contribution in [1.29, 1.82) is 0 Å². The molecule has 0 nitrogen and oxygen atoms in total. The largest absolute Gasteiger partial charge is 0.129 e. The Morgan fingerprint density at radius 1 is 1.00 bits per heavy atom. The van der Waals surface area contributed by atoms with Gasteiger partial charge in [0.2, 0.25) is 0 Å². The fraction of sp³-hybridized carbons (Fsp3) is 0.294. The van der Waals surface area contributed by atoms with Gasteiger partial charge in [0.1, 0.15) is 8.07 Å². The molecule has 1 heterocycles. The van der Waals surface area contributed by atoms with E-state index in [4.69, 9.17) is 0 Å². The third-order valence-electron chi connectivity index (χ3n) is 3.22. The minimum absolute atomic E-state index is 0.472. The van der Waals surface area contributed by atoms with Crippen LogP contribution >= 0.6 is 23.5 Å². The van der Waals surface area contributed by atoms with E-state index in [0.29, 0.717) is 0 Å². The maximum Gasteiger partial charge on any atom is 0.129 e. The summed E-state index contributed by atoms with van der Waals surface area (Å²) < 4.78 is 1.33. The first-order valence-electron chi connectivity index (χ1n) is 6.77. The fourth-order valence-electron chi connectivity index (χ4n) is 1.98. The van der Waals surface area contributed by atoms with E-state index in [2.05, 4.69) is 91.2 Å². The topological polar surface area (TPSA) is 0 Å². The van der Waals surface area contributed by atoms with E-state index >= 15 is 0 Å². The third kappa shape index (κ3) is 3.29. The molecule has 0 N–H and O–H groups in total. The van der Waals surface area contributed by atoms with Gasteiger partial charge in [-0.25, -0.2) is 0 Å². The summed E-state index contributed by atoms with van der Waals surface area (Å²) in [6.45, 7) is 11.3. The molecule has 104 valence electrons. The molecular weight excluding hydrogens is 343 g/mol. The second kappa shape index (κ2) is 5.94. The number of hydrogen-bond acceptors (Lipinski definition) is 0. The van der Waals surface area contributed by atoms with Crippen LogP contribution in [0, 0.1) is 25.3 Å². The van der Waals surface area contributed by atoms with Crippen LogP contribution < -0.4 is 0 Å². The van der Waals surface area contributed by atoms with Crippen LogP contribution in [0.4, 0.5) is 0 Å². The molecule has 1 aromatic heterocycles. The van der Waals surface area contributed by atoms with Gasteiger partial charge in [0.25, 0.3) is 0 Å². The molecule has 2 rings (SSSR count). The second-order valence-corrected chi connectivity index (χ2v) is 14.3. The highest BCUT2D eigenvalue weighted by atomic mass is 79.9. The van der Waals surface area contributed by atoms with Crippen molar-refractivity contribution in [1.82, 2.24) is 0 Å². The summed E-state index contributed by atoms with van der Waals surface area (Å²) in [5, 5.41) is 2.71. The van der Waals surface area contributed by atoms with Gasteiger partial charge in [-0.2, -0.15) is 0 Å². The molecule has 0 radical (unpaired) electrons. The average molecular weight is 363 g/mol. The predicted molar refractivity (Wildman–Crippen MR) is 97.9 cm³/mol. The van der Waals surface area contributed by atoms with E-state index < -0.39 is 15.6 Å². The molecule has 1 unspecified atom stereocenters. The normalized spacial score (nSPS) is 12.0. The first-order chi connectivity index (χ1) is 9.31. The fourth-order valence-corrected chi connectivity index (χ4v) is 6.36. The van der Waals surface area contributed by atoms with E-state index in [1.54, 1.807) is 0 Å². The summed E-state index contributed by atoms with van der Waals surface area (Å²) in [4.78, 5) is 0. The van der Waals surface area contributed by atoms with Crippen molar-refractivity contribution in [2.24, 2.45) is 0 Å². The SMILES string of the molecule is Cc1c(C)c(C#C[Si](C)(C)C)p(-c2ccccc2)c1Br. The molecule has 0 aliphatic heterocycles. The molecule has 0 aliphatic carbocycles. The van der Waals surface area contributed by atoms with Crippen LogP contribution in [0.3, 0.4) is 0 Å². The van der Waals surface area contributed by atoms with Gasteiger partial charge in [0.15, 0.2) is 0 Å². The van der Waals surface area contributed by atoms with Gasteiger partial charge in [-0.3, -0.25) is 0 Å². The summed E-state index contributed by atoms with van der Waals surface area (Å²) >= 11 is 3.82. The van der Waals surface area contributed by atoms with E-state index in [0.717, 1.165) is 0 Å². The standard InChI is InChI=1S/C17H20BrPSi/c1-13-14(2)17(18)19(15-9-7-6-8-10-15)16(13)11-12-20(3,4)5/h6-10H,1-5H3. The van der Waals surface area contributed by atoms with Crippen molar-refractivity contribution >= 4 is 31.5 Å². The van der Waals surface area contributed by atoms with Gasteiger partial charge >= 0.3 is 0 Å². The average Bonchev–Trinajstić information content (AvgIpc) is 2.61. The Labute approximate surface area is 132 Å². The van der Waals surface area contributed by atoms with E-state index in [1.165, 1.54) is 25.9 Å². The molecule has 0 amide bonds. The highest BCUT2D eigenvalue weighted by molar-refractivity contribution is 9.11. The molecule has 0 bridgehead atoms. The zero-order valence-corrected chi connectivity index (χ0v) is 16.2. The zero-order chi connectivity index (χ0) is 14.9. The van der Waals surface area contributed by atoms with Gasteiger partial charge in [0, 0.05) is 9.51 Å². The molecule has 2 aromatic rings. The van der Waals surface area contributed by atoms with E-state index in [9.17, 15) is 0 Å². The molecule has 1 aromatic carbocycles. The van der Waals surface area contributed by atoms with Crippen molar-refractivity contribution in [3.05, 3.63) is 51.0 Å². The van der Waals surface area contributed by atoms with Crippen molar-refractivity contribution in [3.63, 3.8) is 0 Å². The first kappa shape index (κ1) is 15.6. The molecule has 0 fully saturated rings. The monoisotopic (exact) mass is 362 g/mol. The molecule has 0 saturated carbocycles. The van der Waals surface area contributed by atoms with Crippen LogP contribution in [0.1, 0.15) is 16.4 Å². The Morgan fingerprint density at radius 2 is 1.60 bits per heavy atom. The van der Waals surface area contributed by atoms with Crippen LogP contribution in [0.25, 0.3) is 5.30 Å². The van der Waals surface area contributed by atoms with Crippen molar-refractivity contribution in [2.45, 2.75) is 33.5 Å². The van der Waals surface area contributed by atoms with Crippen LogP contribution in [0.5, 0.6) is 0 Å². The molecule has 1 atom stereocenters. The molecule has 0 saturated heterocycles. The molecule has 0 aliphatic rings. The lowest BCUT2D eigenvalue weighted by molar-refractivity contribution is 1.38. The summed E-state index contributed by atoms with van der Waals surface area (Å²) in [5.41, 5.74) is 6.25. The maximum absolute atomic E-state index is 3.82. The molecule has 3 heteroatoms. The highest BCUT2D eigenvalue weighted by Gasteiger charge is 2.17. The number of benzene rings is 1. The third-order valence-corrected chi connectivity index (χ3v) is 8.19. The molecule has 0 spiro atoms. The Balaban J connectivity index is 2.68. The van der Waals surface area contributed by atoms with Crippen LogP contribution in [-0.4, -0.2) is 8.07 Å². The minimum Gasteiger partial charge on any atom is -0.126 e. The molecular formula is C17H20BrPSi. The van der Waals surface area contributed by atoms with Crippen LogP contribution in [0.2, 0.25) is 19.6 Å². The Bertz CT molecular complexity index is 682. The van der Waals surface area contributed by atoms with E-state index in [-0.39, 0.29) is 0 Å². The van der Waals surface area contributed by atoms with Gasteiger partial charge in [-0.1, -0.05) is 63.4 Å². The summed E-state index contributed by atoms with van der Waals surface area (Å²) in [7, 11) is -1.82. The van der Waals surface area contributed by atoms with Crippen molar-refractivity contribution in [2.75, 3.05) is 0 Å². The van der Waals surface area contributed by atoms with Crippen molar-refractivity contribution < 1.29 is 0 Å². The highest BCUT2D eigenvalue weighted by Crippen LogP contribution is 2.54. The first-order valence-corrected chi connectivity index (χ1v) is 12.4. The Hall–Kier alpha value is -0.743.